The highest BCUT2D eigenvalue weighted by atomic mass is 16.5. The molecule has 0 aliphatic heterocycles. The predicted molar refractivity (Wildman–Crippen MR) is 69.4 cm³/mol. The number of methoxy groups -OCH3 is 1. The van der Waals surface area contributed by atoms with Gasteiger partial charge in [0, 0.05) is 12.6 Å². The summed E-state index contributed by atoms with van der Waals surface area (Å²) in [7, 11) is 1.55. The minimum atomic E-state index is -0.154. The summed E-state index contributed by atoms with van der Waals surface area (Å²) < 4.78 is 8.24. The molecule has 7 heteroatoms. The number of hydrogen-bond acceptors (Lipinski definition) is 5. The molecule has 0 fully saturated rings. The van der Waals surface area contributed by atoms with Crippen LogP contribution in [0.3, 0.4) is 0 Å². The molecule has 98 valence electrons. The molecule has 3 rings (SSSR count). The van der Waals surface area contributed by atoms with Crippen LogP contribution < -0.4 is 10.3 Å². The molecule has 0 bridgehead atoms. The van der Waals surface area contributed by atoms with Crippen LogP contribution in [0.4, 0.5) is 0 Å². The Morgan fingerprint density at radius 2 is 2.16 bits per heavy atom. The lowest BCUT2D eigenvalue weighted by atomic mass is 10.3. The van der Waals surface area contributed by atoms with Crippen molar-refractivity contribution in [1.82, 2.24) is 24.1 Å². The van der Waals surface area contributed by atoms with Gasteiger partial charge in [0.25, 0.3) is 5.56 Å². The van der Waals surface area contributed by atoms with Gasteiger partial charge in [-0.1, -0.05) is 6.92 Å². The maximum atomic E-state index is 12.3. The third-order valence-electron chi connectivity index (χ3n) is 2.96. The van der Waals surface area contributed by atoms with E-state index in [1.54, 1.807) is 17.7 Å². The van der Waals surface area contributed by atoms with Crippen molar-refractivity contribution in [2.45, 2.75) is 19.9 Å². The van der Waals surface area contributed by atoms with Crippen LogP contribution in [0.2, 0.25) is 0 Å². The summed E-state index contributed by atoms with van der Waals surface area (Å²) in [6.07, 6.45) is 2.21. The van der Waals surface area contributed by atoms with Crippen molar-refractivity contribution in [3.05, 3.63) is 28.8 Å². The molecule has 3 aromatic rings. The van der Waals surface area contributed by atoms with E-state index in [0.29, 0.717) is 18.1 Å². The third kappa shape index (κ3) is 1.66. The average Bonchev–Trinajstić information content (AvgIpc) is 2.92. The summed E-state index contributed by atoms with van der Waals surface area (Å²) in [6, 6.07) is 3.55. The monoisotopic (exact) mass is 259 g/mol. The summed E-state index contributed by atoms with van der Waals surface area (Å²) in [5.41, 5.74) is 1.42. The van der Waals surface area contributed by atoms with E-state index in [1.807, 2.05) is 13.0 Å². The van der Waals surface area contributed by atoms with E-state index in [0.717, 1.165) is 11.9 Å². The molecule has 0 aliphatic carbocycles. The minimum Gasteiger partial charge on any atom is -0.481 e. The van der Waals surface area contributed by atoms with E-state index >= 15 is 0 Å². The van der Waals surface area contributed by atoms with Crippen LogP contribution in [0.5, 0.6) is 5.88 Å². The molecule has 0 aliphatic rings. The molecule has 0 N–H and O–H groups in total. The van der Waals surface area contributed by atoms with Crippen molar-refractivity contribution in [3.8, 4) is 5.88 Å². The zero-order chi connectivity index (χ0) is 13.4. The minimum absolute atomic E-state index is 0.154. The first-order valence-corrected chi connectivity index (χ1v) is 6.03. The van der Waals surface area contributed by atoms with Crippen molar-refractivity contribution >= 4 is 16.8 Å². The van der Waals surface area contributed by atoms with Gasteiger partial charge in [0.2, 0.25) is 11.5 Å². The quantitative estimate of drug-likeness (QED) is 0.697. The van der Waals surface area contributed by atoms with Crippen molar-refractivity contribution < 1.29 is 4.74 Å². The van der Waals surface area contributed by atoms with Crippen molar-refractivity contribution in [1.29, 1.82) is 0 Å². The van der Waals surface area contributed by atoms with E-state index in [2.05, 4.69) is 15.1 Å². The maximum absolute atomic E-state index is 12.3. The highest BCUT2D eigenvalue weighted by molar-refractivity contribution is 5.74. The Morgan fingerprint density at radius 1 is 1.32 bits per heavy atom. The molecule has 3 heterocycles. The van der Waals surface area contributed by atoms with E-state index in [-0.39, 0.29) is 11.2 Å². The summed E-state index contributed by atoms with van der Waals surface area (Å²) in [5, 5.41) is 4.06. The molecule has 0 amide bonds. The van der Waals surface area contributed by atoms with Crippen LogP contribution in [0.25, 0.3) is 16.8 Å². The molecule has 0 saturated heterocycles. The number of fused-ring (bicyclic) bond motifs is 3. The first-order chi connectivity index (χ1) is 9.26. The van der Waals surface area contributed by atoms with Crippen LogP contribution in [0.15, 0.2) is 23.3 Å². The first-order valence-electron chi connectivity index (χ1n) is 6.03. The van der Waals surface area contributed by atoms with Gasteiger partial charge in [0.1, 0.15) is 6.33 Å². The normalized spacial score (nSPS) is 11.3. The predicted octanol–water partition coefficient (Wildman–Crippen LogP) is 0.858. The number of aryl methyl sites for hydroxylation is 1. The van der Waals surface area contributed by atoms with Gasteiger partial charge in [-0.2, -0.15) is 14.6 Å². The topological polar surface area (TPSA) is 74.3 Å². The standard InChI is InChI=1S/C12H13N5O2/c1-3-6-16-8-4-5-9(19-2)15-10(8)17-11(12(16)18)13-7-14-17/h4-5,7H,3,6H2,1-2H3. The Hall–Kier alpha value is -2.44. The second-order valence-electron chi connectivity index (χ2n) is 4.15. The Morgan fingerprint density at radius 3 is 2.89 bits per heavy atom. The van der Waals surface area contributed by atoms with Gasteiger partial charge in [0.05, 0.1) is 12.6 Å². The van der Waals surface area contributed by atoms with Crippen molar-refractivity contribution in [2.75, 3.05) is 7.11 Å². The number of hydrogen-bond donors (Lipinski definition) is 0. The van der Waals surface area contributed by atoms with E-state index in [1.165, 1.54) is 10.8 Å². The summed E-state index contributed by atoms with van der Waals surface area (Å²) in [5.74, 6) is 0.478. The van der Waals surface area contributed by atoms with Gasteiger partial charge in [0.15, 0.2) is 5.65 Å². The molecule has 0 saturated carbocycles. The van der Waals surface area contributed by atoms with Crippen LogP contribution >= 0.6 is 0 Å². The van der Waals surface area contributed by atoms with Crippen molar-refractivity contribution in [2.24, 2.45) is 0 Å². The fourth-order valence-corrected chi connectivity index (χ4v) is 2.12. The lowest BCUT2D eigenvalue weighted by Crippen LogP contribution is -2.24. The molecule has 7 nitrogen and oxygen atoms in total. The molecule has 0 spiro atoms. The molecule has 0 radical (unpaired) electrons. The van der Waals surface area contributed by atoms with Gasteiger partial charge in [-0.15, -0.1) is 0 Å². The summed E-state index contributed by atoms with van der Waals surface area (Å²) in [6.45, 7) is 2.63. The second-order valence-corrected chi connectivity index (χ2v) is 4.15. The van der Waals surface area contributed by atoms with Crippen LogP contribution in [-0.4, -0.2) is 31.3 Å². The van der Waals surface area contributed by atoms with Gasteiger partial charge in [-0.3, -0.25) is 4.79 Å². The van der Waals surface area contributed by atoms with Crippen LogP contribution in [0, 0.1) is 0 Å². The summed E-state index contributed by atoms with van der Waals surface area (Å²) >= 11 is 0. The Labute approximate surface area is 108 Å². The van der Waals surface area contributed by atoms with E-state index in [9.17, 15) is 4.79 Å². The van der Waals surface area contributed by atoms with Gasteiger partial charge in [-0.25, -0.2) is 4.98 Å². The maximum Gasteiger partial charge on any atom is 0.296 e. The molecule has 0 unspecified atom stereocenters. The lowest BCUT2D eigenvalue weighted by Gasteiger charge is -2.10. The van der Waals surface area contributed by atoms with E-state index in [4.69, 9.17) is 4.74 Å². The Balaban J connectivity index is 2.50. The Kier molecular flexibility index (Phi) is 2.66. The molecule has 0 atom stereocenters. The second kappa shape index (κ2) is 4.34. The molecule has 0 aromatic carbocycles. The zero-order valence-corrected chi connectivity index (χ0v) is 10.7. The number of rotatable bonds is 3. The first kappa shape index (κ1) is 11.6. The smallest absolute Gasteiger partial charge is 0.296 e. The zero-order valence-electron chi connectivity index (χ0n) is 10.7. The summed E-state index contributed by atoms with van der Waals surface area (Å²) in [4.78, 5) is 20.7. The SMILES string of the molecule is CCCn1c(=O)c2ncnn2c2nc(OC)ccc21. The fourth-order valence-electron chi connectivity index (χ4n) is 2.12. The average molecular weight is 259 g/mol. The molecule has 3 aromatic heterocycles. The molecule has 19 heavy (non-hydrogen) atoms. The molecular formula is C12H13N5O2. The lowest BCUT2D eigenvalue weighted by molar-refractivity contribution is 0.399. The third-order valence-corrected chi connectivity index (χ3v) is 2.96. The number of ether oxygens (including phenoxy) is 1. The van der Waals surface area contributed by atoms with Gasteiger partial charge in [-0.05, 0) is 12.5 Å². The van der Waals surface area contributed by atoms with Gasteiger partial charge < -0.3 is 9.30 Å². The van der Waals surface area contributed by atoms with Gasteiger partial charge >= 0.3 is 0 Å². The number of nitrogens with zero attached hydrogens (tertiary/aromatic N) is 5. The highest BCUT2D eigenvalue weighted by Gasteiger charge is 2.13. The van der Waals surface area contributed by atoms with Crippen LogP contribution in [0.1, 0.15) is 13.3 Å². The largest absolute Gasteiger partial charge is 0.481 e. The van der Waals surface area contributed by atoms with Crippen LogP contribution in [-0.2, 0) is 6.54 Å². The number of pyridine rings is 1. The highest BCUT2D eigenvalue weighted by Crippen LogP contribution is 2.15. The fraction of sp³-hybridized carbons (Fsp3) is 0.333. The van der Waals surface area contributed by atoms with E-state index < -0.39 is 0 Å². The Bertz CT molecular complexity index is 805. The number of aromatic nitrogens is 5. The van der Waals surface area contributed by atoms with Crippen molar-refractivity contribution in [3.63, 3.8) is 0 Å². The molecular weight excluding hydrogens is 246 g/mol.